The Balaban J connectivity index is 2.07. The number of nitrogens with zero attached hydrogens (tertiary/aromatic N) is 1. The molecule has 1 atom stereocenters. The van der Waals surface area contributed by atoms with Gasteiger partial charge >= 0.3 is 18.9 Å². The van der Waals surface area contributed by atoms with Gasteiger partial charge in [0.05, 0.1) is 7.11 Å². The van der Waals surface area contributed by atoms with E-state index in [-0.39, 0.29) is 16.7 Å². The smallest absolute Gasteiger partial charge is 0.376 e. The standard InChI is InChI=1S/C21H16Cl2F3NO4/c1-10-12(7-11-3-4-13(22)8-14(11)23)9-27-18-15(24)5-6-16(17(10)18)30-20(19(28)29-2)31-21(25)26/h3-6,8-9,20-21H,7H2,1-2H3. The lowest BCUT2D eigenvalue weighted by Gasteiger charge is -2.19. The van der Waals surface area contributed by atoms with Crippen molar-refractivity contribution in [1.29, 1.82) is 0 Å². The highest BCUT2D eigenvalue weighted by Crippen LogP contribution is 2.34. The lowest BCUT2D eigenvalue weighted by molar-refractivity contribution is -0.228. The van der Waals surface area contributed by atoms with Gasteiger partial charge in [0.15, 0.2) is 0 Å². The van der Waals surface area contributed by atoms with E-state index < -0.39 is 24.7 Å². The first kappa shape index (κ1) is 23.1. The molecule has 0 radical (unpaired) electrons. The highest BCUT2D eigenvalue weighted by atomic mass is 35.5. The molecule has 0 amide bonds. The topological polar surface area (TPSA) is 57.7 Å². The second-order valence-corrected chi connectivity index (χ2v) is 7.30. The van der Waals surface area contributed by atoms with Crippen molar-refractivity contribution in [3.8, 4) is 5.75 Å². The number of benzene rings is 2. The highest BCUT2D eigenvalue weighted by Gasteiger charge is 2.28. The number of hydrogen-bond donors (Lipinski definition) is 0. The summed E-state index contributed by atoms with van der Waals surface area (Å²) in [6.45, 7) is -1.60. The van der Waals surface area contributed by atoms with Crippen molar-refractivity contribution in [2.24, 2.45) is 0 Å². The number of carbonyl (C=O) groups excluding carboxylic acids is 1. The third-order valence-electron chi connectivity index (χ3n) is 4.55. The molecule has 0 spiro atoms. The molecule has 1 aromatic heterocycles. The minimum atomic E-state index is -3.29. The lowest BCUT2D eigenvalue weighted by Crippen LogP contribution is -2.33. The van der Waals surface area contributed by atoms with Gasteiger partial charge in [-0.15, -0.1) is 0 Å². The molecule has 5 nitrogen and oxygen atoms in total. The van der Waals surface area contributed by atoms with Crippen LogP contribution in [0, 0.1) is 12.7 Å². The molecule has 1 unspecified atom stereocenters. The van der Waals surface area contributed by atoms with Crippen LogP contribution < -0.4 is 4.74 Å². The largest absolute Gasteiger partial charge is 0.464 e. The van der Waals surface area contributed by atoms with Gasteiger partial charge in [-0.25, -0.2) is 9.18 Å². The maximum atomic E-state index is 14.4. The van der Waals surface area contributed by atoms with Crippen molar-refractivity contribution in [1.82, 2.24) is 4.98 Å². The number of esters is 1. The predicted octanol–water partition coefficient (Wildman–Crippen LogP) is 5.70. The van der Waals surface area contributed by atoms with Crippen LogP contribution in [-0.2, 0) is 20.7 Å². The van der Waals surface area contributed by atoms with Crippen LogP contribution in [0.4, 0.5) is 13.2 Å². The van der Waals surface area contributed by atoms with Crippen molar-refractivity contribution in [2.45, 2.75) is 26.2 Å². The number of ether oxygens (including phenoxy) is 3. The molecule has 0 aliphatic carbocycles. The summed E-state index contributed by atoms with van der Waals surface area (Å²) in [4.78, 5) is 15.9. The van der Waals surface area contributed by atoms with Gasteiger partial charge in [-0.05, 0) is 47.9 Å². The summed E-state index contributed by atoms with van der Waals surface area (Å²) in [6.07, 6.45) is -0.218. The second-order valence-electron chi connectivity index (χ2n) is 6.46. The van der Waals surface area contributed by atoms with E-state index in [2.05, 4.69) is 14.5 Å². The Bertz CT molecular complexity index is 1130. The first-order valence-electron chi connectivity index (χ1n) is 8.90. The Morgan fingerprint density at radius 3 is 2.55 bits per heavy atom. The summed E-state index contributed by atoms with van der Waals surface area (Å²) >= 11 is 12.2. The predicted molar refractivity (Wildman–Crippen MR) is 109 cm³/mol. The summed E-state index contributed by atoms with van der Waals surface area (Å²) in [5, 5.41) is 1.13. The fourth-order valence-corrected chi connectivity index (χ4v) is 3.49. The Morgan fingerprint density at radius 1 is 1.16 bits per heavy atom. The normalized spacial score (nSPS) is 12.3. The zero-order chi connectivity index (χ0) is 22.7. The lowest BCUT2D eigenvalue weighted by atomic mass is 9.98. The van der Waals surface area contributed by atoms with E-state index in [1.807, 2.05) is 0 Å². The van der Waals surface area contributed by atoms with Crippen molar-refractivity contribution in [2.75, 3.05) is 7.11 Å². The van der Waals surface area contributed by atoms with E-state index >= 15 is 0 Å². The zero-order valence-corrected chi connectivity index (χ0v) is 17.8. The van der Waals surface area contributed by atoms with Crippen LogP contribution in [-0.4, -0.2) is 31.0 Å². The molecule has 3 rings (SSSR count). The quantitative estimate of drug-likeness (QED) is 0.325. The number of fused-ring (bicyclic) bond motifs is 1. The number of methoxy groups -OCH3 is 1. The molecule has 0 N–H and O–H groups in total. The summed E-state index contributed by atoms with van der Waals surface area (Å²) in [6, 6.07) is 7.29. The number of halogens is 5. The molecule has 3 aromatic rings. The third kappa shape index (κ3) is 5.20. The van der Waals surface area contributed by atoms with E-state index in [4.69, 9.17) is 27.9 Å². The monoisotopic (exact) mass is 473 g/mol. The number of aromatic nitrogens is 1. The van der Waals surface area contributed by atoms with Crippen LogP contribution in [0.1, 0.15) is 16.7 Å². The van der Waals surface area contributed by atoms with E-state index in [0.717, 1.165) is 18.7 Å². The molecule has 1 heterocycles. The number of aryl methyl sites for hydroxylation is 1. The maximum Gasteiger partial charge on any atom is 0.376 e. The van der Waals surface area contributed by atoms with Gasteiger partial charge in [-0.1, -0.05) is 29.3 Å². The minimum absolute atomic E-state index is 0.0541. The van der Waals surface area contributed by atoms with Gasteiger partial charge in [-0.3, -0.25) is 9.72 Å². The zero-order valence-electron chi connectivity index (χ0n) is 16.3. The number of rotatable bonds is 7. The fourth-order valence-electron chi connectivity index (χ4n) is 3.02. The Kier molecular flexibility index (Phi) is 7.25. The number of hydrogen-bond acceptors (Lipinski definition) is 5. The number of alkyl halides is 2. The van der Waals surface area contributed by atoms with Gasteiger partial charge < -0.3 is 9.47 Å². The van der Waals surface area contributed by atoms with Crippen molar-refractivity contribution in [3.63, 3.8) is 0 Å². The van der Waals surface area contributed by atoms with Gasteiger partial charge in [-0.2, -0.15) is 8.78 Å². The average Bonchev–Trinajstić information content (AvgIpc) is 2.72. The maximum absolute atomic E-state index is 14.4. The summed E-state index contributed by atoms with van der Waals surface area (Å²) in [5.74, 6) is -1.89. The summed E-state index contributed by atoms with van der Waals surface area (Å²) in [5.41, 5.74) is 1.94. The SMILES string of the molecule is COC(=O)C(Oc1ccc(F)c2ncc(Cc3ccc(Cl)cc3Cl)c(C)c12)OC(F)F. The Hall–Kier alpha value is -2.55. The van der Waals surface area contributed by atoms with E-state index in [1.54, 1.807) is 25.1 Å². The molecule has 0 aliphatic rings. The Labute approximate surface area is 185 Å². The molecule has 164 valence electrons. The fraction of sp³-hybridized carbons (Fsp3) is 0.238. The van der Waals surface area contributed by atoms with Gasteiger partial charge in [0.1, 0.15) is 17.1 Å². The van der Waals surface area contributed by atoms with Gasteiger partial charge in [0, 0.05) is 28.0 Å². The molecule has 0 saturated carbocycles. The Morgan fingerprint density at radius 2 is 1.90 bits per heavy atom. The summed E-state index contributed by atoms with van der Waals surface area (Å²) < 4.78 is 53.8. The molecule has 0 aliphatic heterocycles. The van der Waals surface area contributed by atoms with E-state index in [1.165, 1.54) is 12.3 Å². The molecule has 0 fully saturated rings. The van der Waals surface area contributed by atoms with Crippen LogP contribution in [0.3, 0.4) is 0 Å². The van der Waals surface area contributed by atoms with Gasteiger partial charge in [0.25, 0.3) is 0 Å². The molecule has 0 bridgehead atoms. The first-order chi connectivity index (χ1) is 14.7. The second kappa shape index (κ2) is 9.72. The molecular weight excluding hydrogens is 458 g/mol. The third-order valence-corrected chi connectivity index (χ3v) is 5.13. The van der Waals surface area contributed by atoms with Crippen LogP contribution in [0.15, 0.2) is 36.5 Å². The number of carbonyl (C=O) groups is 1. The van der Waals surface area contributed by atoms with Crippen molar-refractivity contribution in [3.05, 3.63) is 69.1 Å². The molecular formula is C21H16Cl2F3NO4. The molecule has 10 heteroatoms. The first-order valence-corrected chi connectivity index (χ1v) is 9.65. The van der Waals surface area contributed by atoms with Crippen molar-refractivity contribution >= 4 is 40.1 Å². The molecule has 2 aromatic carbocycles. The van der Waals surface area contributed by atoms with Crippen LogP contribution in [0.5, 0.6) is 5.75 Å². The van der Waals surface area contributed by atoms with E-state index in [0.29, 0.717) is 27.6 Å². The molecule has 0 saturated heterocycles. The van der Waals surface area contributed by atoms with Crippen LogP contribution in [0.25, 0.3) is 10.9 Å². The van der Waals surface area contributed by atoms with Gasteiger partial charge in [0.2, 0.25) is 0 Å². The van der Waals surface area contributed by atoms with E-state index in [9.17, 15) is 18.0 Å². The number of pyridine rings is 1. The highest BCUT2D eigenvalue weighted by molar-refractivity contribution is 6.35. The minimum Gasteiger partial charge on any atom is -0.464 e. The van der Waals surface area contributed by atoms with Crippen LogP contribution >= 0.6 is 23.2 Å². The van der Waals surface area contributed by atoms with Crippen molar-refractivity contribution < 1.29 is 32.2 Å². The summed E-state index contributed by atoms with van der Waals surface area (Å²) in [7, 11) is 0.997. The van der Waals surface area contributed by atoms with Crippen LogP contribution in [0.2, 0.25) is 10.0 Å². The molecule has 31 heavy (non-hydrogen) atoms. The average molecular weight is 474 g/mol.